The van der Waals surface area contributed by atoms with Crippen molar-refractivity contribution in [3.63, 3.8) is 0 Å². The molecule has 1 N–H and O–H groups in total. The SMILES string of the molecule is C=C(C)/C=C(\C=C(C)C)c1[nH]c2cc(C)ccc2c1C.CC(C)(C)OC(=O)N1CCC(n2ccnn2)CC1. The Bertz CT molecular complexity index is 1310. The third-order valence-electron chi connectivity index (χ3n) is 6.28. The van der Waals surface area contributed by atoms with Crippen LogP contribution in [0.15, 0.2) is 60.5 Å². The number of piperidine rings is 1. The summed E-state index contributed by atoms with van der Waals surface area (Å²) in [5.74, 6) is 0. The molecule has 4 rings (SSSR count). The van der Waals surface area contributed by atoms with Crippen molar-refractivity contribution in [3.8, 4) is 0 Å². The summed E-state index contributed by atoms with van der Waals surface area (Å²) in [5.41, 5.74) is 8.08. The number of likely N-dealkylation sites (tertiary alicyclic amines) is 1. The zero-order valence-electron chi connectivity index (χ0n) is 24.3. The molecule has 0 saturated carbocycles. The molecule has 38 heavy (non-hydrogen) atoms. The minimum Gasteiger partial charge on any atom is -0.444 e. The summed E-state index contributed by atoms with van der Waals surface area (Å²) in [6, 6.07) is 6.90. The highest BCUT2D eigenvalue weighted by molar-refractivity contribution is 5.91. The number of H-pyrrole nitrogens is 1. The molecule has 2 aromatic heterocycles. The van der Waals surface area contributed by atoms with Gasteiger partial charge in [0.1, 0.15) is 5.60 Å². The maximum atomic E-state index is 11.9. The third kappa shape index (κ3) is 7.94. The Kier molecular flexibility index (Phi) is 9.36. The van der Waals surface area contributed by atoms with Crippen LogP contribution in [0.1, 0.15) is 77.2 Å². The lowest BCUT2D eigenvalue weighted by atomic mass is 10.0. The second-order valence-corrected chi connectivity index (χ2v) is 11.4. The van der Waals surface area contributed by atoms with Gasteiger partial charge in [-0.25, -0.2) is 9.48 Å². The van der Waals surface area contributed by atoms with Gasteiger partial charge in [-0.15, -0.1) is 5.10 Å². The Labute approximate surface area is 227 Å². The molecule has 0 unspecified atom stereocenters. The fourth-order valence-corrected chi connectivity index (χ4v) is 4.55. The van der Waals surface area contributed by atoms with E-state index < -0.39 is 5.60 Å². The second kappa shape index (κ2) is 12.3. The highest BCUT2D eigenvalue weighted by Gasteiger charge is 2.27. The molecule has 7 nitrogen and oxygen atoms in total. The fraction of sp³-hybridized carbons (Fsp3) is 0.452. The smallest absolute Gasteiger partial charge is 0.410 e. The molecule has 0 spiro atoms. The molecule has 1 saturated heterocycles. The summed E-state index contributed by atoms with van der Waals surface area (Å²) >= 11 is 0. The van der Waals surface area contributed by atoms with Gasteiger partial charge >= 0.3 is 6.09 Å². The van der Waals surface area contributed by atoms with Crippen LogP contribution in [-0.4, -0.2) is 49.7 Å². The number of fused-ring (bicyclic) bond motifs is 1. The van der Waals surface area contributed by atoms with E-state index in [0.29, 0.717) is 19.1 Å². The average Bonchev–Trinajstić information content (AvgIpc) is 3.46. The number of aromatic amines is 1. The van der Waals surface area contributed by atoms with Crippen LogP contribution in [-0.2, 0) is 4.74 Å². The molecule has 0 bridgehead atoms. The van der Waals surface area contributed by atoms with Crippen LogP contribution in [0.5, 0.6) is 0 Å². The van der Waals surface area contributed by atoms with E-state index in [1.54, 1.807) is 11.1 Å². The molecule has 3 heterocycles. The van der Waals surface area contributed by atoms with Gasteiger partial charge < -0.3 is 14.6 Å². The monoisotopic (exact) mass is 517 g/mol. The molecule has 204 valence electrons. The van der Waals surface area contributed by atoms with E-state index in [4.69, 9.17) is 4.74 Å². The Hall–Kier alpha value is -3.61. The first-order valence-electron chi connectivity index (χ1n) is 13.3. The fourth-order valence-electron chi connectivity index (χ4n) is 4.55. The van der Waals surface area contributed by atoms with E-state index in [-0.39, 0.29) is 6.09 Å². The lowest BCUT2D eigenvalue weighted by Gasteiger charge is -2.33. The quantitative estimate of drug-likeness (QED) is 0.362. The van der Waals surface area contributed by atoms with E-state index in [0.717, 1.165) is 18.4 Å². The zero-order valence-corrected chi connectivity index (χ0v) is 24.3. The van der Waals surface area contributed by atoms with E-state index in [1.165, 1.54) is 38.9 Å². The van der Waals surface area contributed by atoms with Crippen LogP contribution in [0.3, 0.4) is 0 Å². The maximum absolute atomic E-state index is 11.9. The summed E-state index contributed by atoms with van der Waals surface area (Å²) < 4.78 is 7.22. The van der Waals surface area contributed by atoms with Crippen LogP contribution in [0.2, 0.25) is 0 Å². The van der Waals surface area contributed by atoms with Gasteiger partial charge in [-0.05, 0) is 91.0 Å². The third-order valence-corrected chi connectivity index (χ3v) is 6.28. The van der Waals surface area contributed by atoms with Crippen molar-refractivity contribution in [1.82, 2.24) is 24.9 Å². The summed E-state index contributed by atoms with van der Waals surface area (Å²) in [5, 5.41) is 9.10. The zero-order chi connectivity index (χ0) is 28.0. The number of allylic oxidation sites excluding steroid dienone is 5. The van der Waals surface area contributed by atoms with Crippen molar-refractivity contribution in [2.45, 2.75) is 79.9 Å². The Morgan fingerprint density at radius 3 is 2.37 bits per heavy atom. The molecule has 1 aliphatic heterocycles. The van der Waals surface area contributed by atoms with E-state index >= 15 is 0 Å². The standard InChI is InChI=1S/C19H23N.C12H20N4O2/c1-12(2)9-16(10-13(3)4)19-15(6)17-8-7-14(5)11-18(17)20-19;1-12(2,3)18-11(17)15-7-4-10(5-8-15)16-9-6-13-14-16/h7-11,20H,1H2,2-6H3;6,9-10H,4-5,7-8H2,1-3H3/b16-9+;. The van der Waals surface area contributed by atoms with Gasteiger partial charge in [0.15, 0.2) is 0 Å². The van der Waals surface area contributed by atoms with Gasteiger partial charge in [0.25, 0.3) is 0 Å². The van der Waals surface area contributed by atoms with Crippen LogP contribution in [0.4, 0.5) is 4.79 Å². The molecule has 1 aliphatic rings. The normalized spacial score (nSPS) is 14.6. The number of amides is 1. The Morgan fingerprint density at radius 2 is 1.82 bits per heavy atom. The largest absolute Gasteiger partial charge is 0.444 e. The second-order valence-electron chi connectivity index (χ2n) is 11.4. The molecule has 1 amide bonds. The highest BCUT2D eigenvalue weighted by Crippen LogP contribution is 2.29. The topological polar surface area (TPSA) is 76.0 Å². The van der Waals surface area contributed by atoms with Gasteiger partial charge in [-0.1, -0.05) is 47.2 Å². The number of nitrogens with one attached hydrogen (secondary N) is 1. The average molecular weight is 518 g/mol. The van der Waals surface area contributed by atoms with Gasteiger partial charge in [-0.2, -0.15) is 0 Å². The first kappa shape index (κ1) is 29.0. The summed E-state index contributed by atoms with van der Waals surface area (Å²) in [7, 11) is 0. The number of carbonyl (C=O) groups excluding carboxylic acids is 1. The minimum atomic E-state index is -0.431. The van der Waals surface area contributed by atoms with Gasteiger partial charge in [-0.3, -0.25) is 0 Å². The number of nitrogens with zero attached hydrogens (tertiary/aromatic N) is 4. The van der Waals surface area contributed by atoms with Gasteiger partial charge in [0.05, 0.1) is 12.2 Å². The molecule has 3 aromatic rings. The number of rotatable bonds is 4. The first-order chi connectivity index (χ1) is 17.8. The van der Waals surface area contributed by atoms with Crippen LogP contribution in [0, 0.1) is 13.8 Å². The molecule has 1 aromatic carbocycles. The van der Waals surface area contributed by atoms with Crippen molar-refractivity contribution in [2.24, 2.45) is 0 Å². The van der Waals surface area contributed by atoms with Crippen LogP contribution in [0.25, 0.3) is 16.5 Å². The maximum Gasteiger partial charge on any atom is 0.410 e. The number of aromatic nitrogens is 4. The Morgan fingerprint density at radius 1 is 1.13 bits per heavy atom. The molecule has 7 heteroatoms. The van der Waals surface area contributed by atoms with Gasteiger partial charge in [0.2, 0.25) is 0 Å². The Balaban J connectivity index is 0.000000212. The van der Waals surface area contributed by atoms with E-state index in [2.05, 4.69) is 79.9 Å². The number of ether oxygens (including phenoxy) is 1. The van der Waals surface area contributed by atoms with Crippen LogP contribution >= 0.6 is 0 Å². The van der Waals surface area contributed by atoms with E-state index in [9.17, 15) is 4.79 Å². The number of hydrogen-bond donors (Lipinski definition) is 1. The predicted molar refractivity (Wildman–Crippen MR) is 156 cm³/mol. The van der Waals surface area contributed by atoms with Crippen molar-refractivity contribution in [2.75, 3.05) is 13.1 Å². The summed E-state index contributed by atoms with van der Waals surface area (Å²) in [6.45, 7) is 21.6. The lowest BCUT2D eigenvalue weighted by Crippen LogP contribution is -2.42. The molecular formula is C31H43N5O2. The molecule has 0 atom stereocenters. The van der Waals surface area contributed by atoms with E-state index in [1.807, 2.05) is 38.6 Å². The summed E-state index contributed by atoms with van der Waals surface area (Å²) in [4.78, 5) is 17.2. The van der Waals surface area contributed by atoms with Crippen molar-refractivity contribution < 1.29 is 9.53 Å². The molecule has 0 radical (unpaired) electrons. The van der Waals surface area contributed by atoms with Crippen molar-refractivity contribution in [3.05, 3.63) is 77.3 Å². The lowest BCUT2D eigenvalue weighted by molar-refractivity contribution is 0.0184. The minimum absolute atomic E-state index is 0.223. The number of hydrogen-bond acceptors (Lipinski definition) is 4. The number of carbonyl (C=O) groups is 1. The first-order valence-corrected chi connectivity index (χ1v) is 13.3. The molecular weight excluding hydrogens is 474 g/mol. The summed E-state index contributed by atoms with van der Waals surface area (Å²) in [6.07, 6.45) is 9.45. The van der Waals surface area contributed by atoms with Crippen molar-refractivity contribution in [1.29, 1.82) is 0 Å². The van der Waals surface area contributed by atoms with Crippen LogP contribution < -0.4 is 0 Å². The molecule has 0 aliphatic carbocycles. The van der Waals surface area contributed by atoms with Gasteiger partial charge in [0, 0.05) is 35.9 Å². The van der Waals surface area contributed by atoms with Crippen molar-refractivity contribution >= 4 is 22.6 Å². The highest BCUT2D eigenvalue weighted by atomic mass is 16.6. The number of benzene rings is 1. The number of aryl methyl sites for hydroxylation is 2. The molecule has 1 fully saturated rings. The predicted octanol–water partition coefficient (Wildman–Crippen LogP) is 7.56.